The number of carbonyl (C=O) groups excluding carboxylic acids is 4. The van der Waals surface area contributed by atoms with Crippen LogP contribution in [0.25, 0.3) is 0 Å². The van der Waals surface area contributed by atoms with E-state index in [-0.39, 0.29) is 54.6 Å². The molecule has 14 nitrogen and oxygen atoms in total. The van der Waals surface area contributed by atoms with Crippen molar-refractivity contribution in [2.24, 2.45) is 17.8 Å². The molecule has 2 aromatic rings. The largest absolute Gasteiger partial charge is 0.465 e. The highest BCUT2D eigenvalue weighted by atomic mass is 32.1. The van der Waals surface area contributed by atoms with Crippen molar-refractivity contribution in [3.63, 3.8) is 0 Å². The Hall–Kier alpha value is -4.08. The molecule has 0 spiro atoms. The van der Waals surface area contributed by atoms with Crippen molar-refractivity contribution < 1.29 is 38.6 Å². The number of thiazole rings is 1. The average molecular weight is 827 g/mol. The summed E-state index contributed by atoms with van der Waals surface area (Å²) in [4.78, 5) is 77.6. The summed E-state index contributed by atoms with van der Waals surface area (Å²) in [6.45, 7) is 11.9. The number of likely N-dealkylation sites (tertiary alicyclic amines) is 2. The highest BCUT2D eigenvalue weighted by Crippen LogP contribution is 2.32. The predicted octanol–water partition coefficient (Wildman–Crippen LogP) is 5.53. The van der Waals surface area contributed by atoms with E-state index in [2.05, 4.69) is 15.6 Å². The van der Waals surface area contributed by atoms with Crippen LogP contribution in [-0.2, 0) is 35.1 Å². The minimum Gasteiger partial charge on any atom is -0.465 e. The van der Waals surface area contributed by atoms with Gasteiger partial charge in [-0.15, -0.1) is 11.3 Å². The monoisotopic (exact) mass is 826 g/mol. The number of amides is 5. The van der Waals surface area contributed by atoms with Crippen LogP contribution in [0.3, 0.4) is 0 Å². The molecule has 322 valence electrons. The second kappa shape index (κ2) is 21.3. The second-order valence-electron chi connectivity index (χ2n) is 16.6. The lowest BCUT2D eigenvalue weighted by Gasteiger charge is -2.43. The van der Waals surface area contributed by atoms with Crippen molar-refractivity contribution in [3.05, 3.63) is 52.5 Å². The van der Waals surface area contributed by atoms with Gasteiger partial charge in [-0.25, -0.2) is 9.78 Å². The van der Waals surface area contributed by atoms with Gasteiger partial charge in [0.25, 0.3) is 0 Å². The van der Waals surface area contributed by atoms with Gasteiger partial charge in [0, 0.05) is 45.9 Å². The van der Waals surface area contributed by atoms with Gasteiger partial charge >= 0.3 is 6.09 Å². The van der Waals surface area contributed by atoms with Gasteiger partial charge in [0.15, 0.2) is 0 Å². The quantitative estimate of drug-likeness (QED) is 0.165. The molecule has 0 aliphatic carbocycles. The number of benzene rings is 1. The lowest BCUT2D eigenvalue weighted by atomic mass is 9.86. The van der Waals surface area contributed by atoms with Gasteiger partial charge in [0.05, 0.1) is 42.7 Å². The van der Waals surface area contributed by atoms with Crippen LogP contribution in [0.5, 0.6) is 0 Å². The molecule has 5 amide bonds. The van der Waals surface area contributed by atoms with Crippen molar-refractivity contribution in [3.8, 4) is 0 Å². The number of rotatable bonds is 19. The Labute approximate surface area is 348 Å². The average Bonchev–Trinajstić information content (AvgIpc) is 3.93. The van der Waals surface area contributed by atoms with Crippen LogP contribution >= 0.6 is 11.3 Å². The Kier molecular flexibility index (Phi) is 17.1. The van der Waals surface area contributed by atoms with Gasteiger partial charge in [-0.2, -0.15) is 0 Å². The number of ether oxygens (including phenoxy) is 2. The summed E-state index contributed by atoms with van der Waals surface area (Å²) in [5, 5.41) is 18.7. The normalized spacial score (nSPS) is 22.0. The maximum absolute atomic E-state index is 14.4. The molecule has 2 aliphatic rings. The number of nitrogens with one attached hydrogen (secondary N) is 2. The molecule has 1 aromatic heterocycles. The molecular weight excluding hydrogens is 761 g/mol. The van der Waals surface area contributed by atoms with Crippen LogP contribution in [0.4, 0.5) is 4.79 Å². The smallest absolute Gasteiger partial charge is 0.408 e. The molecule has 3 heterocycles. The third kappa shape index (κ3) is 10.9. The molecule has 0 unspecified atom stereocenters. The summed E-state index contributed by atoms with van der Waals surface area (Å²) in [6.07, 6.45) is 3.71. The Morgan fingerprint density at radius 2 is 1.72 bits per heavy atom. The first kappa shape index (κ1) is 46.6. The third-order valence-electron chi connectivity index (χ3n) is 12.4. The molecule has 2 saturated heterocycles. The van der Waals surface area contributed by atoms with Gasteiger partial charge in [-0.3, -0.25) is 24.1 Å². The summed E-state index contributed by atoms with van der Waals surface area (Å²) in [6, 6.07) is 7.81. The van der Waals surface area contributed by atoms with E-state index in [0.29, 0.717) is 45.1 Å². The summed E-state index contributed by atoms with van der Waals surface area (Å²) in [5.74, 6) is -2.16. The number of hydrogen-bond donors (Lipinski definition) is 3. The Morgan fingerprint density at radius 3 is 2.31 bits per heavy atom. The van der Waals surface area contributed by atoms with Crippen LogP contribution in [0, 0.1) is 17.8 Å². The predicted molar refractivity (Wildman–Crippen MR) is 223 cm³/mol. The Balaban J connectivity index is 1.49. The lowest BCUT2D eigenvalue weighted by Crippen LogP contribution is -2.64. The van der Waals surface area contributed by atoms with Crippen LogP contribution < -0.4 is 10.6 Å². The first-order chi connectivity index (χ1) is 27.6. The van der Waals surface area contributed by atoms with Crippen LogP contribution in [0.1, 0.15) is 103 Å². The maximum Gasteiger partial charge on any atom is 0.408 e. The molecule has 0 saturated carbocycles. The summed E-state index contributed by atoms with van der Waals surface area (Å²) < 4.78 is 12.1. The van der Waals surface area contributed by atoms with Crippen molar-refractivity contribution in [1.29, 1.82) is 0 Å². The number of nitrogens with zero attached hydrogens (tertiary/aromatic N) is 4. The van der Waals surface area contributed by atoms with Gasteiger partial charge in [0.2, 0.25) is 23.6 Å². The standard InChI is InChI=1S/C43H66N6O8S/c1-10-28(4)36(47(7)40(52)35(27(2)3)46-41(53)43(6)20-14-15-23-49(43)42(54)55)33(56-8)26-34(50)48-22-16-19-32(48)37(57-9)29(5)38(51)45-31(39-44-21-24-58-39)25-30-17-12-11-13-18-30/h11-13,17-18,21,24,27-29,31-33,35-37H,10,14-16,19-20,22-23,25-26H2,1-9H3,(H,45,51)(H,46,53)(H,54,55)/t28-,29+,31-,32-,33+,35-,36-,37+,43+/m0/s1. The zero-order valence-corrected chi connectivity index (χ0v) is 36.6. The third-order valence-corrected chi connectivity index (χ3v) is 13.3. The SMILES string of the molecule is CC[C@H](C)[C@@H]([C@@H](CC(=O)N1CCC[C@H]1[C@H](OC)[C@@H](C)C(=O)N[C@@H](Cc1ccccc1)c1nccs1)OC)N(C)C(=O)[C@@H](NC(=O)[C@@]1(C)CCCCN1C(=O)O)C(C)C. The van der Waals surface area contributed by atoms with E-state index >= 15 is 0 Å². The number of likely N-dealkylation sites (N-methyl/N-ethyl adjacent to an activating group) is 1. The molecule has 0 bridgehead atoms. The van der Waals surface area contributed by atoms with Gasteiger partial charge in [0.1, 0.15) is 16.6 Å². The van der Waals surface area contributed by atoms with Gasteiger partial charge in [-0.05, 0) is 62.8 Å². The van der Waals surface area contributed by atoms with Gasteiger partial charge < -0.3 is 35.0 Å². The molecule has 2 fully saturated rings. The lowest BCUT2D eigenvalue weighted by molar-refractivity contribution is -0.148. The van der Waals surface area contributed by atoms with Crippen LogP contribution in [0.15, 0.2) is 41.9 Å². The van der Waals surface area contributed by atoms with Crippen molar-refractivity contribution in [2.45, 2.75) is 135 Å². The van der Waals surface area contributed by atoms with E-state index in [1.807, 2.05) is 70.3 Å². The minimum atomic E-state index is -1.30. The second-order valence-corrected chi connectivity index (χ2v) is 17.5. The number of piperidine rings is 1. The molecule has 0 radical (unpaired) electrons. The zero-order chi connectivity index (χ0) is 42.7. The van der Waals surface area contributed by atoms with E-state index in [9.17, 15) is 29.1 Å². The van der Waals surface area contributed by atoms with E-state index in [4.69, 9.17) is 9.47 Å². The van der Waals surface area contributed by atoms with E-state index in [0.717, 1.165) is 17.0 Å². The molecule has 1 aromatic carbocycles. The number of carboxylic acid groups (broad SMARTS) is 1. The van der Waals surface area contributed by atoms with Gasteiger partial charge in [-0.1, -0.05) is 71.4 Å². The van der Waals surface area contributed by atoms with E-state index < -0.39 is 47.7 Å². The van der Waals surface area contributed by atoms with Crippen molar-refractivity contribution in [2.75, 3.05) is 34.4 Å². The number of hydrogen-bond acceptors (Lipinski definition) is 9. The molecule has 3 N–H and O–H groups in total. The summed E-state index contributed by atoms with van der Waals surface area (Å²) in [7, 11) is 4.80. The minimum absolute atomic E-state index is 0.00974. The molecule has 2 aliphatic heterocycles. The molecular formula is C43H66N6O8S. The molecule has 9 atom stereocenters. The van der Waals surface area contributed by atoms with Crippen LogP contribution in [-0.4, -0.2) is 125 Å². The number of methoxy groups -OCH3 is 2. The van der Waals surface area contributed by atoms with E-state index in [1.165, 1.54) is 23.3 Å². The Morgan fingerprint density at radius 1 is 1.02 bits per heavy atom. The summed E-state index contributed by atoms with van der Waals surface area (Å²) >= 11 is 1.49. The topological polar surface area (TPSA) is 171 Å². The van der Waals surface area contributed by atoms with Crippen LogP contribution in [0.2, 0.25) is 0 Å². The zero-order valence-electron chi connectivity index (χ0n) is 35.8. The maximum atomic E-state index is 14.4. The molecule has 58 heavy (non-hydrogen) atoms. The summed E-state index contributed by atoms with van der Waals surface area (Å²) in [5.41, 5.74) is -0.226. The Bertz CT molecular complexity index is 1660. The molecule has 4 rings (SSSR count). The fraction of sp³-hybridized carbons (Fsp3) is 0.674. The highest BCUT2D eigenvalue weighted by molar-refractivity contribution is 7.09. The fourth-order valence-electron chi connectivity index (χ4n) is 8.76. The van der Waals surface area contributed by atoms with E-state index in [1.54, 1.807) is 37.1 Å². The number of aromatic nitrogens is 1. The first-order valence-electron chi connectivity index (χ1n) is 20.8. The highest BCUT2D eigenvalue weighted by Gasteiger charge is 2.47. The molecule has 15 heteroatoms. The number of carbonyl (C=O) groups is 5. The van der Waals surface area contributed by atoms with Crippen molar-refractivity contribution in [1.82, 2.24) is 30.3 Å². The first-order valence-corrected chi connectivity index (χ1v) is 21.6. The fourth-order valence-corrected chi connectivity index (χ4v) is 9.45. The van der Waals surface area contributed by atoms with Crippen molar-refractivity contribution >= 4 is 41.1 Å².